The van der Waals surface area contributed by atoms with E-state index < -0.39 is 5.82 Å². The van der Waals surface area contributed by atoms with Gasteiger partial charge in [0, 0.05) is 56.4 Å². The zero-order valence-corrected chi connectivity index (χ0v) is 16.3. The number of halogens is 1. The van der Waals surface area contributed by atoms with Crippen molar-refractivity contribution in [2.75, 3.05) is 38.1 Å². The van der Waals surface area contributed by atoms with Gasteiger partial charge in [-0.2, -0.15) is 0 Å². The number of rotatable bonds is 2. The fourth-order valence-corrected chi connectivity index (χ4v) is 3.81. The number of nitrogens with zero attached hydrogens (tertiary/aromatic N) is 6. The summed E-state index contributed by atoms with van der Waals surface area (Å²) in [6.07, 6.45) is 5.33. The Labute approximate surface area is 166 Å². The Bertz CT molecular complexity index is 1290. The Morgan fingerprint density at radius 2 is 1.79 bits per heavy atom. The Hall–Kier alpha value is -3.26. The van der Waals surface area contributed by atoms with Gasteiger partial charge in [0.25, 0.3) is 5.56 Å². The van der Waals surface area contributed by atoms with E-state index in [2.05, 4.69) is 26.8 Å². The number of piperazine rings is 1. The fourth-order valence-electron chi connectivity index (χ4n) is 3.81. The molecule has 1 aliphatic rings. The molecule has 0 bridgehead atoms. The van der Waals surface area contributed by atoms with Crippen LogP contribution in [0, 0.1) is 12.7 Å². The topological polar surface area (TPSA) is 58.2 Å². The van der Waals surface area contributed by atoms with Gasteiger partial charge in [0.15, 0.2) is 11.5 Å². The summed E-state index contributed by atoms with van der Waals surface area (Å²) in [5.74, 6) is -0.442. The molecule has 0 saturated carbocycles. The predicted octanol–water partition coefficient (Wildman–Crippen LogP) is 2.21. The van der Waals surface area contributed by atoms with E-state index in [1.165, 1.54) is 12.1 Å². The maximum absolute atomic E-state index is 14.4. The number of fused-ring (bicyclic) bond motifs is 2. The summed E-state index contributed by atoms with van der Waals surface area (Å²) in [6, 6.07) is 6.65. The van der Waals surface area contributed by atoms with Crippen molar-refractivity contribution in [2.24, 2.45) is 0 Å². The van der Waals surface area contributed by atoms with Crippen LogP contribution in [0.15, 0.2) is 47.7 Å². The van der Waals surface area contributed by atoms with Crippen molar-refractivity contribution >= 4 is 17.0 Å². The van der Waals surface area contributed by atoms with E-state index >= 15 is 0 Å². The SMILES string of the molecule is Cc1cn2cc(-c3cc(=O)n4cc(N5CCN(C)CC5)ccc4n3)cc(F)c2n1. The third-order valence-electron chi connectivity index (χ3n) is 5.43. The number of hydrogen-bond acceptors (Lipinski definition) is 5. The molecule has 4 aromatic rings. The first-order chi connectivity index (χ1) is 14.0. The maximum atomic E-state index is 14.4. The predicted molar refractivity (Wildman–Crippen MR) is 110 cm³/mol. The highest BCUT2D eigenvalue weighted by atomic mass is 19.1. The van der Waals surface area contributed by atoms with Gasteiger partial charge >= 0.3 is 0 Å². The largest absolute Gasteiger partial charge is 0.368 e. The zero-order valence-electron chi connectivity index (χ0n) is 16.3. The van der Waals surface area contributed by atoms with Crippen LogP contribution in [0.2, 0.25) is 0 Å². The lowest BCUT2D eigenvalue weighted by molar-refractivity contribution is 0.313. The van der Waals surface area contributed by atoms with E-state index in [1.54, 1.807) is 21.2 Å². The van der Waals surface area contributed by atoms with Crippen LogP contribution in [0.25, 0.3) is 22.6 Å². The molecule has 0 aromatic carbocycles. The lowest BCUT2D eigenvalue weighted by atomic mass is 10.2. The monoisotopic (exact) mass is 392 g/mol. The van der Waals surface area contributed by atoms with Crippen LogP contribution in [-0.4, -0.2) is 56.9 Å². The third kappa shape index (κ3) is 3.15. The molecule has 29 heavy (non-hydrogen) atoms. The molecule has 8 heteroatoms. The second-order valence-corrected chi connectivity index (χ2v) is 7.58. The lowest BCUT2D eigenvalue weighted by Gasteiger charge is -2.34. The van der Waals surface area contributed by atoms with Gasteiger partial charge in [-0.15, -0.1) is 0 Å². The van der Waals surface area contributed by atoms with Crippen molar-refractivity contribution in [1.29, 1.82) is 0 Å². The molecule has 0 atom stereocenters. The van der Waals surface area contributed by atoms with E-state index in [1.807, 2.05) is 25.3 Å². The summed E-state index contributed by atoms with van der Waals surface area (Å²) >= 11 is 0. The first kappa shape index (κ1) is 17.8. The summed E-state index contributed by atoms with van der Waals surface area (Å²) < 4.78 is 17.6. The average molecular weight is 392 g/mol. The fraction of sp³-hybridized carbons (Fsp3) is 0.286. The summed E-state index contributed by atoms with van der Waals surface area (Å²) in [5, 5.41) is 0. The maximum Gasteiger partial charge on any atom is 0.258 e. The van der Waals surface area contributed by atoms with E-state index in [9.17, 15) is 9.18 Å². The summed E-state index contributed by atoms with van der Waals surface area (Å²) in [4.78, 5) is 26.1. The number of imidazole rings is 1. The molecule has 5 heterocycles. The highest BCUT2D eigenvalue weighted by Gasteiger charge is 2.16. The highest BCUT2D eigenvalue weighted by molar-refractivity contribution is 5.64. The molecular formula is C21H21FN6O. The Kier molecular flexibility index (Phi) is 4.09. The second kappa shape index (κ2) is 6.66. The molecule has 0 unspecified atom stereocenters. The number of anilines is 1. The van der Waals surface area contributed by atoms with Crippen molar-refractivity contribution in [2.45, 2.75) is 6.92 Å². The highest BCUT2D eigenvalue weighted by Crippen LogP contribution is 2.22. The average Bonchev–Trinajstić information content (AvgIpc) is 3.09. The molecule has 0 spiro atoms. The Morgan fingerprint density at radius 3 is 2.59 bits per heavy atom. The second-order valence-electron chi connectivity index (χ2n) is 7.58. The van der Waals surface area contributed by atoms with Crippen LogP contribution < -0.4 is 10.5 Å². The smallest absolute Gasteiger partial charge is 0.258 e. The molecule has 0 radical (unpaired) electrons. The van der Waals surface area contributed by atoms with Crippen molar-refractivity contribution in [3.63, 3.8) is 0 Å². The Morgan fingerprint density at radius 1 is 1.00 bits per heavy atom. The van der Waals surface area contributed by atoms with E-state index in [0.717, 1.165) is 37.6 Å². The van der Waals surface area contributed by atoms with Gasteiger partial charge in [-0.1, -0.05) is 0 Å². The van der Waals surface area contributed by atoms with Crippen molar-refractivity contribution in [1.82, 2.24) is 23.7 Å². The standard InChI is InChI=1S/C21H21FN6O/c1-14-11-27-12-15(9-17(22)21(27)23-14)18-10-20(29)28-13-16(3-4-19(28)24-18)26-7-5-25(2)6-8-26/h3-4,9-13H,5-8H2,1-2H3. The number of pyridine rings is 2. The third-order valence-corrected chi connectivity index (χ3v) is 5.43. The number of hydrogen-bond donors (Lipinski definition) is 0. The van der Waals surface area contributed by atoms with Crippen LogP contribution in [0.4, 0.5) is 10.1 Å². The van der Waals surface area contributed by atoms with E-state index in [4.69, 9.17) is 0 Å². The van der Waals surface area contributed by atoms with Crippen LogP contribution >= 0.6 is 0 Å². The normalized spacial score (nSPS) is 15.5. The minimum absolute atomic E-state index is 0.191. The van der Waals surface area contributed by atoms with Crippen LogP contribution in [0.5, 0.6) is 0 Å². The van der Waals surface area contributed by atoms with Gasteiger partial charge in [-0.05, 0) is 32.2 Å². The quantitative estimate of drug-likeness (QED) is 0.524. The number of likely N-dealkylation sites (N-methyl/N-ethyl adjacent to an activating group) is 1. The molecule has 7 nitrogen and oxygen atoms in total. The molecule has 0 amide bonds. The molecule has 0 N–H and O–H groups in total. The number of aromatic nitrogens is 4. The van der Waals surface area contributed by atoms with Crippen molar-refractivity contribution in [3.05, 3.63) is 64.7 Å². The Balaban J connectivity index is 1.57. The minimum atomic E-state index is -0.442. The summed E-state index contributed by atoms with van der Waals surface area (Å²) in [5.41, 5.74) is 3.31. The van der Waals surface area contributed by atoms with Crippen LogP contribution in [0.1, 0.15) is 5.69 Å². The summed E-state index contributed by atoms with van der Waals surface area (Å²) in [6.45, 7) is 5.64. The van der Waals surface area contributed by atoms with Gasteiger partial charge in [-0.3, -0.25) is 9.20 Å². The first-order valence-corrected chi connectivity index (χ1v) is 9.60. The van der Waals surface area contributed by atoms with Gasteiger partial charge in [0.2, 0.25) is 0 Å². The zero-order chi connectivity index (χ0) is 20.1. The molecule has 4 aromatic heterocycles. The minimum Gasteiger partial charge on any atom is -0.368 e. The van der Waals surface area contributed by atoms with Crippen molar-refractivity contribution < 1.29 is 4.39 Å². The van der Waals surface area contributed by atoms with Gasteiger partial charge in [-0.25, -0.2) is 14.4 Å². The van der Waals surface area contributed by atoms with Gasteiger partial charge < -0.3 is 14.2 Å². The lowest BCUT2D eigenvalue weighted by Crippen LogP contribution is -2.44. The van der Waals surface area contributed by atoms with Crippen molar-refractivity contribution in [3.8, 4) is 11.3 Å². The molecule has 1 aliphatic heterocycles. The van der Waals surface area contributed by atoms with Gasteiger partial charge in [0.05, 0.1) is 17.1 Å². The first-order valence-electron chi connectivity index (χ1n) is 9.60. The number of aryl methyl sites for hydroxylation is 1. The molecule has 5 rings (SSSR count). The summed E-state index contributed by atoms with van der Waals surface area (Å²) in [7, 11) is 2.11. The molecule has 0 aliphatic carbocycles. The van der Waals surface area contributed by atoms with E-state index in [0.29, 0.717) is 16.9 Å². The van der Waals surface area contributed by atoms with Gasteiger partial charge in [0.1, 0.15) is 5.65 Å². The molecule has 1 fully saturated rings. The van der Waals surface area contributed by atoms with Crippen LogP contribution in [-0.2, 0) is 0 Å². The molecule has 1 saturated heterocycles. The van der Waals surface area contributed by atoms with E-state index in [-0.39, 0.29) is 11.2 Å². The van der Waals surface area contributed by atoms with Crippen LogP contribution in [0.3, 0.4) is 0 Å². The molecule has 148 valence electrons. The molecular weight excluding hydrogens is 371 g/mol.